The van der Waals surface area contributed by atoms with Gasteiger partial charge in [0.15, 0.2) is 0 Å². The minimum absolute atomic E-state index is 0.246. The second-order valence-electron chi connectivity index (χ2n) is 7.25. The second-order valence-corrected chi connectivity index (χ2v) is 9.84. The molecule has 2 amide bonds. The lowest BCUT2D eigenvalue weighted by Crippen LogP contribution is -2.15. The van der Waals surface area contributed by atoms with Crippen molar-refractivity contribution in [1.82, 2.24) is 0 Å². The summed E-state index contributed by atoms with van der Waals surface area (Å²) in [5.74, 6) is -0.679. The molecule has 4 aromatic rings. The van der Waals surface area contributed by atoms with Crippen molar-refractivity contribution in [3.05, 3.63) is 115 Å². The Bertz CT molecular complexity index is 1370. The molecule has 8 heteroatoms. The molecule has 0 spiro atoms. The van der Waals surface area contributed by atoms with Crippen LogP contribution in [0, 0.1) is 0 Å². The van der Waals surface area contributed by atoms with Gasteiger partial charge in [0, 0.05) is 30.9 Å². The van der Waals surface area contributed by atoms with Gasteiger partial charge in [0.2, 0.25) is 0 Å². The van der Waals surface area contributed by atoms with Gasteiger partial charge in [0.25, 0.3) is 11.8 Å². The van der Waals surface area contributed by atoms with Crippen molar-refractivity contribution in [1.29, 1.82) is 0 Å². The Hall–Kier alpha value is -2.64. The molecule has 0 saturated heterocycles. The van der Waals surface area contributed by atoms with Gasteiger partial charge in [-0.2, -0.15) is 0 Å². The minimum atomic E-state index is -0.351. The summed E-state index contributed by atoms with van der Waals surface area (Å²) >= 11 is 19.5. The highest BCUT2D eigenvalue weighted by Crippen LogP contribution is 2.36. The van der Waals surface area contributed by atoms with Gasteiger partial charge in [-0.15, -0.1) is 0 Å². The van der Waals surface area contributed by atoms with Crippen LogP contribution in [-0.2, 0) is 0 Å². The quantitative estimate of drug-likeness (QED) is 0.235. The third-order valence-corrected chi connectivity index (χ3v) is 6.83. The first-order chi connectivity index (χ1) is 16.3. The van der Waals surface area contributed by atoms with Gasteiger partial charge in [-0.3, -0.25) is 9.59 Å². The molecular formula is C26H16Br2Cl2N2O2. The molecule has 0 fully saturated rings. The molecule has 0 aliphatic heterocycles. The average molecular weight is 619 g/mol. The molecule has 0 heterocycles. The first kappa shape index (κ1) is 24.5. The van der Waals surface area contributed by atoms with Crippen molar-refractivity contribution >= 4 is 78.3 Å². The van der Waals surface area contributed by atoms with Gasteiger partial charge in [-0.25, -0.2) is 0 Å². The highest BCUT2D eigenvalue weighted by Gasteiger charge is 2.21. The smallest absolute Gasteiger partial charge is 0.257 e. The Morgan fingerprint density at radius 3 is 1.88 bits per heavy atom. The number of benzene rings is 4. The monoisotopic (exact) mass is 616 g/mol. The second kappa shape index (κ2) is 10.7. The maximum absolute atomic E-state index is 13.2. The van der Waals surface area contributed by atoms with Crippen LogP contribution in [0.5, 0.6) is 0 Å². The number of amides is 2. The van der Waals surface area contributed by atoms with Crippen molar-refractivity contribution in [3.8, 4) is 11.1 Å². The molecule has 0 unspecified atom stereocenters. The zero-order valence-corrected chi connectivity index (χ0v) is 22.1. The largest absolute Gasteiger partial charge is 0.322 e. The van der Waals surface area contributed by atoms with Gasteiger partial charge < -0.3 is 10.6 Å². The number of anilines is 2. The van der Waals surface area contributed by atoms with Crippen LogP contribution in [0.3, 0.4) is 0 Å². The number of carbonyl (C=O) groups excluding carboxylic acids is 2. The fourth-order valence-electron chi connectivity index (χ4n) is 3.35. The molecule has 0 bridgehead atoms. The van der Waals surface area contributed by atoms with Crippen molar-refractivity contribution in [2.24, 2.45) is 0 Å². The standard InChI is InChI=1S/C26H16Br2Cl2N2O2/c27-15-7-11-17(12-8-15)31-25(33)21-5-1-4-20(24(21)30)19-3-2-6-22(28)23(19)26(34)32-18-13-9-16(29)10-14-18/h1-14H,(H,31,33)(H,32,34). The van der Waals surface area contributed by atoms with Crippen LogP contribution in [0.2, 0.25) is 10.0 Å². The fourth-order valence-corrected chi connectivity index (χ4v) is 4.60. The lowest BCUT2D eigenvalue weighted by molar-refractivity contribution is 0.101. The summed E-state index contributed by atoms with van der Waals surface area (Å²) in [5, 5.41) is 6.54. The Labute approximate surface area is 223 Å². The lowest BCUT2D eigenvalue weighted by Gasteiger charge is -2.15. The molecule has 0 saturated carbocycles. The molecule has 4 rings (SSSR count). The summed E-state index contributed by atoms with van der Waals surface area (Å²) in [4.78, 5) is 26.2. The molecule has 0 radical (unpaired) electrons. The van der Waals surface area contributed by atoms with E-state index >= 15 is 0 Å². The van der Waals surface area contributed by atoms with Crippen molar-refractivity contribution < 1.29 is 9.59 Å². The summed E-state index contributed by atoms with van der Waals surface area (Å²) in [6.07, 6.45) is 0. The molecular weight excluding hydrogens is 603 g/mol. The number of nitrogens with one attached hydrogen (secondary N) is 2. The highest BCUT2D eigenvalue weighted by atomic mass is 79.9. The molecule has 170 valence electrons. The van der Waals surface area contributed by atoms with Crippen LogP contribution in [0.25, 0.3) is 11.1 Å². The summed E-state index contributed by atoms with van der Waals surface area (Å²) in [5.41, 5.74) is 3.08. The van der Waals surface area contributed by atoms with E-state index in [2.05, 4.69) is 42.5 Å². The van der Waals surface area contributed by atoms with E-state index in [0.29, 0.717) is 43.1 Å². The van der Waals surface area contributed by atoms with E-state index in [4.69, 9.17) is 23.2 Å². The zero-order chi connectivity index (χ0) is 24.2. The van der Waals surface area contributed by atoms with E-state index < -0.39 is 0 Å². The van der Waals surface area contributed by atoms with E-state index in [1.165, 1.54) is 0 Å². The predicted molar refractivity (Wildman–Crippen MR) is 146 cm³/mol. The summed E-state index contributed by atoms with van der Waals surface area (Å²) in [7, 11) is 0. The molecule has 0 aliphatic rings. The zero-order valence-electron chi connectivity index (χ0n) is 17.4. The SMILES string of the molecule is O=C(Nc1ccc(Br)cc1)c1cccc(-c2cccc(Br)c2C(=O)Nc2ccc(Cl)cc2)c1Cl. The van der Waals surface area contributed by atoms with E-state index in [0.717, 1.165) is 4.47 Å². The van der Waals surface area contributed by atoms with Gasteiger partial charge >= 0.3 is 0 Å². The van der Waals surface area contributed by atoms with E-state index in [9.17, 15) is 9.59 Å². The number of hydrogen-bond acceptors (Lipinski definition) is 2. The predicted octanol–water partition coefficient (Wildman–Crippen LogP) is 8.69. The maximum Gasteiger partial charge on any atom is 0.257 e. The number of carbonyl (C=O) groups is 2. The van der Waals surface area contributed by atoms with Crippen LogP contribution >= 0.6 is 55.1 Å². The van der Waals surface area contributed by atoms with Gasteiger partial charge in [-0.1, -0.05) is 63.4 Å². The fraction of sp³-hybridized carbons (Fsp3) is 0. The van der Waals surface area contributed by atoms with E-state index in [-0.39, 0.29) is 16.8 Å². The number of halogens is 4. The van der Waals surface area contributed by atoms with Crippen LogP contribution in [-0.4, -0.2) is 11.8 Å². The normalized spacial score (nSPS) is 10.6. The number of rotatable bonds is 5. The Morgan fingerprint density at radius 2 is 1.21 bits per heavy atom. The lowest BCUT2D eigenvalue weighted by atomic mass is 9.97. The third-order valence-electron chi connectivity index (χ3n) is 4.98. The molecule has 4 nitrogen and oxygen atoms in total. The maximum atomic E-state index is 13.2. The van der Waals surface area contributed by atoms with E-state index in [1.54, 1.807) is 66.7 Å². The first-order valence-corrected chi connectivity index (χ1v) is 12.4. The van der Waals surface area contributed by atoms with Crippen molar-refractivity contribution in [2.75, 3.05) is 10.6 Å². The van der Waals surface area contributed by atoms with Gasteiger partial charge in [0.1, 0.15) is 0 Å². The average Bonchev–Trinajstić information content (AvgIpc) is 2.82. The number of hydrogen-bond donors (Lipinski definition) is 2. The van der Waals surface area contributed by atoms with E-state index in [1.807, 2.05) is 18.2 Å². The van der Waals surface area contributed by atoms with Gasteiger partial charge in [0.05, 0.1) is 16.1 Å². The molecule has 0 atom stereocenters. The summed E-state index contributed by atoms with van der Waals surface area (Å²) in [6, 6.07) is 24.6. The first-order valence-electron chi connectivity index (χ1n) is 10.0. The third kappa shape index (κ3) is 5.53. The van der Waals surface area contributed by atoms with Crippen LogP contribution in [0.4, 0.5) is 11.4 Å². The molecule has 2 N–H and O–H groups in total. The Balaban J connectivity index is 1.69. The highest BCUT2D eigenvalue weighted by molar-refractivity contribution is 9.10. The van der Waals surface area contributed by atoms with Crippen LogP contribution < -0.4 is 10.6 Å². The molecule has 4 aromatic carbocycles. The molecule has 34 heavy (non-hydrogen) atoms. The van der Waals surface area contributed by atoms with Crippen LogP contribution in [0.1, 0.15) is 20.7 Å². The molecule has 0 aromatic heterocycles. The Morgan fingerprint density at radius 1 is 0.647 bits per heavy atom. The van der Waals surface area contributed by atoms with Crippen molar-refractivity contribution in [3.63, 3.8) is 0 Å². The summed E-state index contributed by atoms with van der Waals surface area (Å²) < 4.78 is 1.50. The van der Waals surface area contributed by atoms with Gasteiger partial charge in [-0.05, 0) is 82.2 Å². The van der Waals surface area contributed by atoms with Crippen molar-refractivity contribution in [2.45, 2.75) is 0 Å². The topological polar surface area (TPSA) is 58.2 Å². The Kier molecular flexibility index (Phi) is 7.73. The minimum Gasteiger partial charge on any atom is -0.322 e. The summed E-state index contributed by atoms with van der Waals surface area (Å²) in [6.45, 7) is 0. The van der Waals surface area contributed by atoms with Crippen LogP contribution in [0.15, 0.2) is 93.9 Å². The molecule has 0 aliphatic carbocycles.